The second-order valence-electron chi connectivity index (χ2n) is 9.21. The normalized spacial score (nSPS) is 17.3. The fourth-order valence-electron chi connectivity index (χ4n) is 4.53. The molecule has 1 saturated carbocycles. The van der Waals surface area contributed by atoms with Gasteiger partial charge >= 0.3 is 6.18 Å². The van der Waals surface area contributed by atoms with E-state index in [4.69, 9.17) is 9.26 Å². The first-order chi connectivity index (χ1) is 15.3. The zero-order valence-electron chi connectivity index (χ0n) is 19.4. The Morgan fingerprint density at radius 3 is 2.59 bits per heavy atom. The van der Waals surface area contributed by atoms with Gasteiger partial charge in [0.2, 0.25) is 11.7 Å². The fourth-order valence-corrected chi connectivity index (χ4v) is 4.53. The van der Waals surface area contributed by atoms with Crippen LogP contribution in [0.1, 0.15) is 95.9 Å². The van der Waals surface area contributed by atoms with Gasteiger partial charge in [-0.15, -0.1) is 0 Å². The topological polar surface area (TPSA) is 48.2 Å². The molecule has 0 saturated heterocycles. The van der Waals surface area contributed by atoms with Gasteiger partial charge in [0.05, 0.1) is 12.2 Å². The van der Waals surface area contributed by atoms with Gasteiger partial charge in [-0.2, -0.15) is 18.2 Å². The highest BCUT2D eigenvalue weighted by molar-refractivity contribution is 5.59. The molecule has 2 atom stereocenters. The number of nitrogens with zero attached hydrogens (tertiary/aromatic N) is 2. The van der Waals surface area contributed by atoms with E-state index in [9.17, 15) is 13.2 Å². The van der Waals surface area contributed by atoms with Crippen molar-refractivity contribution in [2.24, 2.45) is 11.8 Å². The van der Waals surface area contributed by atoms with Gasteiger partial charge in [-0.1, -0.05) is 70.9 Å². The first-order valence-electron chi connectivity index (χ1n) is 12.0. The van der Waals surface area contributed by atoms with E-state index in [1.165, 1.54) is 38.2 Å². The summed E-state index contributed by atoms with van der Waals surface area (Å²) < 4.78 is 52.1. The van der Waals surface area contributed by atoms with Crippen molar-refractivity contribution in [2.45, 2.75) is 90.7 Å². The molecule has 178 valence electrons. The number of hydrogen-bond donors (Lipinski definition) is 0. The lowest BCUT2D eigenvalue weighted by Crippen LogP contribution is -2.11. The Labute approximate surface area is 188 Å². The van der Waals surface area contributed by atoms with E-state index in [1.54, 1.807) is 6.07 Å². The molecule has 1 heterocycles. The lowest BCUT2D eigenvalue weighted by atomic mass is 9.86. The molecule has 4 nitrogen and oxygen atoms in total. The first-order valence-corrected chi connectivity index (χ1v) is 12.0. The lowest BCUT2D eigenvalue weighted by Gasteiger charge is -2.21. The maximum atomic E-state index is 13.7. The molecule has 3 rings (SSSR count). The summed E-state index contributed by atoms with van der Waals surface area (Å²) in [5, 5.41) is 3.94. The summed E-state index contributed by atoms with van der Waals surface area (Å²) in [6.45, 7) is 6.52. The smallest absolute Gasteiger partial charge is 0.419 e. The van der Waals surface area contributed by atoms with Crippen molar-refractivity contribution in [3.8, 4) is 17.1 Å². The van der Waals surface area contributed by atoms with E-state index in [2.05, 4.69) is 24.0 Å². The first kappa shape index (κ1) is 24.6. The van der Waals surface area contributed by atoms with Gasteiger partial charge in [0.25, 0.3) is 0 Å². The molecule has 0 spiro atoms. The van der Waals surface area contributed by atoms with Crippen molar-refractivity contribution in [1.29, 1.82) is 0 Å². The second kappa shape index (κ2) is 11.2. The van der Waals surface area contributed by atoms with Gasteiger partial charge in [-0.3, -0.25) is 0 Å². The van der Waals surface area contributed by atoms with Crippen LogP contribution in [-0.4, -0.2) is 16.7 Å². The molecule has 1 aliphatic carbocycles. The molecule has 1 aromatic heterocycles. The molecule has 0 bridgehead atoms. The van der Waals surface area contributed by atoms with Gasteiger partial charge in [-0.05, 0) is 42.9 Å². The van der Waals surface area contributed by atoms with Crippen molar-refractivity contribution in [3.05, 3.63) is 29.7 Å². The highest BCUT2D eigenvalue weighted by Crippen LogP contribution is 2.39. The van der Waals surface area contributed by atoms with Gasteiger partial charge in [0.1, 0.15) is 5.75 Å². The van der Waals surface area contributed by atoms with Crippen LogP contribution < -0.4 is 4.74 Å². The maximum absolute atomic E-state index is 13.7. The zero-order valence-corrected chi connectivity index (χ0v) is 19.4. The van der Waals surface area contributed by atoms with Crippen LogP contribution >= 0.6 is 0 Å². The van der Waals surface area contributed by atoms with E-state index < -0.39 is 11.7 Å². The summed E-state index contributed by atoms with van der Waals surface area (Å²) in [6, 6.07) is 4.00. The number of alkyl halides is 3. The molecule has 1 aliphatic rings. The molecule has 7 heteroatoms. The number of benzene rings is 1. The largest absolute Gasteiger partial charge is 0.493 e. The van der Waals surface area contributed by atoms with Crippen LogP contribution in [0.4, 0.5) is 13.2 Å². The van der Waals surface area contributed by atoms with Crippen LogP contribution in [0.5, 0.6) is 5.75 Å². The van der Waals surface area contributed by atoms with Crippen molar-refractivity contribution < 1.29 is 22.4 Å². The monoisotopic (exact) mass is 452 g/mol. The third-order valence-electron chi connectivity index (χ3n) is 6.71. The van der Waals surface area contributed by atoms with Gasteiger partial charge in [0, 0.05) is 11.5 Å². The average molecular weight is 453 g/mol. The minimum Gasteiger partial charge on any atom is -0.493 e. The molecule has 1 aromatic carbocycles. The van der Waals surface area contributed by atoms with Gasteiger partial charge in [0.15, 0.2) is 0 Å². The maximum Gasteiger partial charge on any atom is 0.419 e. The predicted molar refractivity (Wildman–Crippen MR) is 119 cm³/mol. The Morgan fingerprint density at radius 2 is 1.91 bits per heavy atom. The van der Waals surface area contributed by atoms with Crippen LogP contribution in [0.25, 0.3) is 11.4 Å². The Morgan fingerprint density at radius 1 is 1.16 bits per heavy atom. The summed E-state index contributed by atoms with van der Waals surface area (Å²) in [5.41, 5.74) is -0.524. The molecule has 1 unspecified atom stereocenters. The Bertz CT molecular complexity index is 844. The number of rotatable bonds is 10. The molecule has 0 amide bonds. The second-order valence-corrected chi connectivity index (χ2v) is 9.21. The highest BCUT2D eigenvalue weighted by Gasteiger charge is 2.35. The SMILES string of the molecule is CCC[C@H](C)C(C)c1nc(-c2ccc(OCCCC3CCCCC3)c(C(F)(F)F)c2)no1. The number of ether oxygens (including phenoxy) is 1. The number of halogens is 3. The molecule has 0 radical (unpaired) electrons. The van der Waals surface area contributed by atoms with Crippen molar-refractivity contribution in [2.75, 3.05) is 6.61 Å². The quantitative estimate of drug-likeness (QED) is 0.342. The van der Waals surface area contributed by atoms with Crippen molar-refractivity contribution in [1.82, 2.24) is 10.1 Å². The summed E-state index contributed by atoms with van der Waals surface area (Å²) in [4.78, 5) is 4.38. The van der Waals surface area contributed by atoms with Crippen LogP contribution in [0.15, 0.2) is 22.7 Å². The summed E-state index contributed by atoms with van der Waals surface area (Å²) in [7, 11) is 0. The van der Waals surface area contributed by atoms with E-state index in [0.717, 1.165) is 31.7 Å². The van der Waals surface area contributed by atoms with E-state index in [-0.39, 0.29) is 29.7 Å². The minimum atomic E-state index is -4.52. The third-order valence-corrected chi connectivity index (χ3v) is 6.71. The average Bonchev–Trinajstić information content (AvgIpc) is 3.26. The van der Waals surface area contributed by atoms with Gasteiger partial charge < -0.3 is 9.26 Å². The molecule has 0 aliphatic heterocycles. The number of aromatic nitrogens is 2. The van der Waals surface area contributed by atoms with Crippen LogP contribution in [0.3, 0.4) is 0 Å². The van der Waals surface area contributed by atoms with Crippen LogP contribution in [0, 0.1) is 11.8 Å². The van der Waals surface area contributed by atoms with Crippen LogP contribution in [-0.2, 0) is 6.18 Å². The molecule has 1 fully saturated rings. The predicted octanol–water partition coefficient (Wildman–Crippen LogP) is 8.03. The Hall–Kier alpha value is -2.05. The molecule has 32 heavy (non-hydrogen) atoms. The van der Waals surface area contributed by atoms with Gasteiger partial charge in [-0.25, -0.2) is 0 Å². The highest BCUT2D eigenvalue weighted by atomic mass is 19.4. The standard InChI is InChI=1S/C25H35F3N2O2/c1-4-9-17(2)18(3)24-29-23(30-32-24)20-13-14-22(21(16-20)25(26,27)28)31-15-8-12-19-10-6-5-7-11-19/h13-14,16-19H,4-12,15H2,1-3H3/t17-,18?/m0/s1. The molecular formula is C25H35F3N2O2. The van der Waals surface area contributed by atoms with Crippen molar-refractivity contribution >= 4 is 0 Å². The zero-order chi connectivity index (χ0) is 23.1. The Kier molecular flexibility index (Phi) is 8.60. The fraction of sp³-hybridized carbons (Fsp3) is 0.680. The lowest BCUT2D eigenvalue weighted by molar-refractivity contribution is -0.138. The summed E-state index contributed by atoms with van der Waals surface area (Å²) in [6.07, 6.45) is 5.60. The number of hydrogen-bond acceptors (Lipinski definition) is 4. The van der Waals surface area contributed by atoms with E-state index in [1.807, 2.05) is 6.92 Å². The van der Waals surface area contributed by atoms with E-state index >= 15 is 0 Å². The molecule has 0 N–H and O–H groups in total. The third kappa shape index (κ3) is 6.48. The van der Waals surface area contributed by atoms with Crippen molar-refractivity contribution in [3.63, 3.8) is 0 Å². The van der Waals surface area contributed by atoms with E-state index in [0.29, 0.717) is 17.7 Å². The Balaban J connectivity index is 1.68. The molecule has 2 aromatic rings. The summed E-state index contributed by atoms with van der Waals surface area (Å²) in [5.74, 6) is 1.57. The minimum absolute atomic E-state index is 0.0463. The van der Waals surface area contributed by atoms with Crippen LogP contribution in [0.2, 0.25) is 0 Å². The summed E-state index contributed by atoms with van der Waals surface area (Å²) >= 11 is 0. The molecular weight excluding hydrogens is 417 g/mol.